The number of anilines is 3. The molecule has 108 valence electrons. The van der Waals surface area contributed by atoms with Gasteiger partial charge in [0.25, 0.3) is 0 Å². The molecule has 4 nitrogen and oxygen atoms in total. The number of nitrogens with two attached hydrogens (primary N) is 1. The van der Waals surface area contributed by atoms with Gasteiger partial charge in [-0.05, 0) is 36.0 Å². The first-order chi connectivity index (χ1) is 9.45. The van der Waals surface area contributed by atoms with Crippen molar-refractivity contribution in [1.82, 2.24) is 0 Å². The summed E-state index contributed by atoms with van der Waals surface area (Å²) < 4.78 is 0. The molecular weight excluding hydrogens is 250 g/mol. The Bertz CT molecular complexity index is 551. The number of benzene rings is 1. The van der Waals surface area contributed by atoms with Crippen LogP contribution in [0.15, 0.2) is 12.1 Å². The van der Waals surface area contributed by atoms with E-state index in [1.54, 1.807) is 0 Å². The van der Waals surface area contributed by atoms with Gasteiger partial charge in [-0.2, -0.15) is 0 Å². The van der Waals surface area contributed by atoms with Crippen LogP contribution in [0.25, 0.3) is 0 Å². The van der Waals surface area contributed by atoms with E-state index >= 15 is 0 Å². The highest BCUT2D eigenvalue weighted by Crippen LogP contribution is 2.39. The minimum atomic E-state index is 0.0505. The van der Waals surface area contributed by atoms with Gasteiger partial charge >= 0.3 is 0 Å². The van der Waals surface area contributed by atoms with E-state index in [4.69, 9.17) is 5.73 Å². The largest absolute Gasteiger partial charge is 0.397 e. The summed E-state index contributed by atoms with van der Waals surface area (Å²) >= 11 is 0. The van der Waals surface area contributed by atoms with E-state index in [-0.39, 0.29) is 11.3 Å². The van der Waals surface area contributed by atoms with Crippen molar-refractivity contribution in [3.63, 3.8) is 0 Å². The molecule has 1 saturated carbocycles. The molecule has 2 aliphatic rings. The first-order valence-electron chi connectivity index (χ1n) is 7.44. The highest BCUT2D eigenvalue weighted by atomic mass is 16.1. The summed E-state index contributed by atoms with van der Waals surface area (Å²) in [4.78, 5) is 11.4. The van der Waals surface area contributed by atoms with Crippen LogP contribution in [-0.2, 0) is 11.2 Å². The molecule has 1 fully saturated rings. The standard InChI is InChI=1S/C16H23N3O/c1-16(2)6-4-3-5-14(16)18-13-9-12-10(7-11(13)17)8-15(20)19-12/h7,9,14,18H,3-6,8,17H2,1-2H3,(H,19,20). The Labute approximate surface area is 120 Å². The summed E-state index contributed by atoms with van der Waals surface area (Å²) in [7, 11) is 0. The van der Waals surface area contributed by atoms with Gasteiger partial charge in [-0.25, -0.2) is 0 Å². The molecule has 4 N–H and O–H groups in total. The fourth-order valence-corrected chi connectivity index (χ4v) is 3.37. The molecule has 20 heavy (non-hydrogen) atoms. The Morgan fingerprint density at radius 2 is 2.15 bits per heavy atom. The number of carbonyl (C=O) groups is 1. The number of carbonyl (C=O) groups excluding carboxylic acids is 1. The highest BCUT2D eigenvalue weighted by molar-refractivity contribution is 6.00. The summed E-state index contributed by atoms with van der Waals surface area (Å²) in [6.07, 6.45) is 5.43. The van der Waals surface area contributed by atoms with Crippen molar-refractivity contribution in [2.75, 3.05) is 16.4 Å². The Balaban J connectivity index is 1.84. The zero-order valence-corrected chi connectivity index (χ0v) is 12.3. The van der Waals surface area contributed by atoms with Gasteiger partial charge in [-0.15, -0.1) is 0 Å². The van der Waals surface area contributed by atoms with Gasteiger partial charge in [0.15, 0.2) is 0 Å². The molecule has 1 heterocycles. The Morgan fingerprint density at radius 1 is 1.35 bits per heavy atom. The lowest BCUT2D eigenvalue weighted by Crippen LogP contribution is -2.39. The quantitative estimate of drug-likeness (QED) is 0.725. The molecular formula is C16H23N3O. The fourth-order valence-electron chi connectivity index (χ4n) is 3.37. The molecule has 1 unspecified atom stereocenters. The van der Waals surface area contributed by atoms with Crippen LogP contribution in [0.2, 0.25) is 0 Å². The van der Waals surface area contributed by atoms with E-state index in [1.165, 1.54) is 25.7 Å². The van der Waals surface area contributed by atoms with Crippen molar-refractivity contribution >= 4 is 23.0 Å². The van der Waals surface area contributed by atoms with Crippen molar-refractivity contribution in [2.45, 2.75) is 52.0 Å². The van der Waals surface area contributed by atoms with Crippen LogP contribution in [0.4, 0.5) is 17.1 Å². The predicted octanol–water partition coefficient (Wildman–Crippen LogP) is 3.14. The second kappa shape index (κ2) is 4.69. The molecule has 1 aromatic carbocycles. The zero-order valence-electron chi connectivity index (χ0n) is 12.3. The maximum Gasteiger partial charge on any atom is 0.228 e. The van der Waals surface area contributed by atoms with Crippen LogP contribution >= 0.6 is 0 Å². The van der Waals surface area contributed by atoms with Gasteiger partial charge in [-0.3, -0.25) is 4.79 Å². The van der Waals surface area contributed by atoms with E-state index in [0.717, 1.165) is 22.6 Å². The predicted molar refractivity (Wildman–Crippen MR) is 82.8 cm³/mol. The normalized spacial score (nSPS) is 24.1. The zero-order chi connectivity index (χ0) is 14.3. The molecule has 1 atom stereocenters. The first-order valence-corrected chi connectivity index (χ1v) is 7.44. The third-order valence-corrected chi connectivity index (χ3v) is 4.74. The van der Waals surface area contributed by atoms with E-state index in [2.05, 4.69) is 24.5 Å². The molecule has 1 amide bonds. The molecule has 1 aliphatic carbocycles. The van der Waals surface area contributed by atoms with E-state index < -0.39 is 0 Å². The first kappa shape index (κ1) is 13.3. The Kier molecular flexibility index (Phi) is 3.11. The van der Waals surface area contributed by atoms with E-state index in [9.17, 15) is 4.79 Å². The molecule has 1 aromatic rings. The number of nitrogens with one attached hydrogen (secondary N) is 2. The van der Waals surface area contributed by atoms with Gasteiger partial charge in [0.2, 0.25) is 5.91 Å². The fraction of sp³-hybridized carbons (Fsp3) is 0.562. The lowest BCUT2D eigenvalue weighted by Gasteiger charge is -2.40. The molecule has 0 spiro atoms. The number of hydrogen-bond donors (Lipinski definition) is 3. The van der Waals surface area contributed by atoms with Gasteiger partial charge in [-0.1, -0.05) is 26.7 Å². The highest BCUT2D eigenvalue weighted by Gasteiger charge is 2.32. The molecule has 0 bridgehead atoms. The number of fused-ring (bicyclic) bond motifs is 1. The number of amides is 1. The average molecular weight is 273 g/mol. The van der Waals surface area contributed by atoms with E-state index in [0.29, 0.717) is 12.5 Å². The maximum atomic E-state index is 11.4. The summed E-state index contributed by atoms with van der Waals surface area (Å²) in [6, 6.07) is 4.35. The van der Waals surface area contributed by atoms with Crippen LogP contribution in [0.5, 0.6) is 0 Å². The summed E-state index contributed by atoms with van der Waals surface area (Å²) in [5.41, 5.74) is 10.0. The second-order valence-corrected chi connectivity index (χ2v) is 6.75. The second-order valence-electron chi connectivity index (χ2n) is 6.75. The minimum Gasteiger partial charge on any atom is -0.397 e. The topological polar surface area (TPSA) is 67.1 Å². The molecule has 0 radical (unpaired) electrons. The van der Waals surface area contributed by atoms with Crippen molar-refractivity contribution in [3.8, 4) is 0 Å². The lowest BCUT2D eigenvalue weighted by molar-refractivity contribution is -0.115. The number of nitrogen functional groups attached to an aromatic ring is 1. The van der Waals surface area contributed by atoms with Crippen LogP contribution in [0.1, 0.15) is 45.1 Å². The Morgan fingerprint density at radius 3 is 2.90 bits per heavy atom. The van der Waals surface area contributed by atoms with Crippen molar-refractivity contribution in [2.24, 2.45) is 5.41 Å². The third-order valence-electron chi connectivity index (χ3n) is 4.74. The number of hydrogen-bond acceptors (Lipinski definition) is 3. The van der Waals surface area contributed by atoms with Gasteiger partial charge in [0.1, 0.15) is 0 Å². The number of rotatable bonds is 2. The SMILES string of the molecule is CC1(C)CCCCC1Nc1cc2c(cc1N)CC(=O)N2. The van der Waals surface area contributed by atoms with Crippen molar-refractivity contribution in [3.05, 3.63) is 17.7 Å². The molecule has 3 rings (SSSR count). The van der Waals surface area contributed by atoms with Crippen LogP contribution in [-0.4, -0.2) is 11.9 Å². The smallest absolute Gasteiger partial charge is 0.228 e. The lowest BCUT2D eigenvalue weighted by atomic mass is 9.73. The molecule has 4 heteroatoms. The summed E-state index contributed by atoms with van der Waals surface area (Å²) in [6.45, 7) is 4.63. The third kappa shape index (κ3) is 2.35. The van der Waals surface area contributed by atoms with Crippen LogP contribution < -0.4 is 16.4 Å². The summed E-state index contributed by atoms with van der Waals surface area (Å²) in [5.74, 6) is 0.0505. The van der Waals surface area contributed by atoms with Crippen molar-refractivity contribution in [1.29, 1.82) is 0 Å². The average Bonchev–Trinajstić information content (AvgIpc) is 2.71. The van der Waals surface area contributed by atoms with E-state index in [1.807, 2.05) is 12.1 Å². The summed E-state index contributed by atoms with van der Waals surface area (Å²) in [5, 5.41) is 6.50. The van der Waals surface area contributed by atoms with Crippen molar-refractivity contribution < 1.29 is 4.79 Å². The molecule has 0 aromatic heterocycles. The molecule has 0 saturated heterocycles. The minimum absolute atomic E-state index is 0.0505. The molecule has 1 aliphatic heterocycles. The van der Waals surface area contributed by atoms with Gasteiger partial charge in [0, 0.05) is 11.7 Å². The Hall–Kier alpha value is -1.71. The monoisotopic (exact) mass is 273 g/mol. The van der Waals surface area contributed by atoms with Gasteiger partial charge < -0.3 is 16.4 Å². The van der Waals surface area contributed by atoms with Crippen LogP contribution in [0, 0.1) is 5.41 Å². The van der Waals surface area contributed by atoms with Gasteiger partial charge in [0.05, 0.1) is 17.8 Å². The van der Waals surface area contributed by atoms with Crippen LogP contribution in [0.3, 0.4) is 0 Å². The maximum absolute atomic E-state index is 11.4.